The molecule has 0 aliphatic heterocycles. The lowest BCUT2D eigenvalue weighted by Crippen LogP contribution is -2.10. The Labute approximate surface area is 180 Å². The second kappa shape index (κ2) is 9.81. The Morgan fingerprint density at radius 2 is 1.71 bits per heavy atom. The van der Waals surface area contributed by atoms with Gasteiger partial charge in [-0.25, -0.2) is 9.97 Å². The van der Waals surface area contributed by atoms with Gasteiger partial charge >= 0.3 is 6.18 Å². The Bertz CT molecular complexity index is 1020. The number of rotatable bonds is 8. The zero-order chi connectivity index (χ0) is 22.4. The molecule has 0 aliphatic carbocycles. The molecule has 3 rings (SSSR count). The molecule has 1 aromatic heterocycles. The third kappa shape index (κ3) is 5.75. The summed E-state index contributed by atoms with van der Waals surface area (Å²) in [5.74, 6) is 1.87. The largest absolute Gasteiger partial charge is 0.457 e. The Morgan fingerprint density at radius 1 is 0.968 bits per heavy atom. The van der Waals surface area contributed by atoms with Crippen molar-refractivity contribution in [3.63, 3.8) is 0 Å². The normalized spacial score (nSPS) is 11.4. The molecule has 4 nitrogen and oxygen atoms in total. The fourth-order valence-electron chi connectivity index (χ4n) is 3.39. The maximum atomic E-state index is 12.8. The maximum Gasteiger partial charge on any atom is 0.416 e. The molecule has 1 heterocycles. The van der Waals surface area contributed by atoms with Gasteiger partial charge in [-0.1, -0.05) is 26.0 Å². The second-order valence-corrected chi connectivity index (χ2v) is 7.26. The quantitative estimate of drug-likeness (QED) is 0.452. The molecule has 0 aliphatic rings. The summed E-state index contributed by atoms with van der Waals surface area (Å²) in [6, 6.07) is 11.0. The van der Waals surface area contributed by atoms with Crippen LogP contribution in [0.4, 0.5) is 19.0 Å². The molecule has 0 saturated heterocycles. The summed E-state index contributed by atoms with van der Waals surface area (Å²) in [6.07, 6.45) is -0.216. The van der Waals surface area contributed by atoms with E-state index in [1.807, 2.05) is 24.3 Å². The van der Waals surface area contributed by atoms with E-state index in [-0.39, 0.29) is 0 Å². The van der Waals surface area contributed by atoms with Crippen LogP contribution in [0.25, 0.3) is 0 Å². The van der Waals surface area contributed by atoms with Crippen LogP contribution in [0, 0.1) is 6.92 Å². The minimum Gasteiger partial charge on any atom is -0.457 e. The van der Waals surface area contributed by atoms with E-state index in [0.29, 0.717) is 17.1 Å². The van der Waals surface area contributed by atoms with Crippen LogP contribution >= 0.6 is 0 Å². The summed E-state index contributed by atoms with van der Waals surface area (Å²) in [5.41, 5.74) is 3.10. The number of ether oxygens (including phenoxy) is 1. The summed E-state index contributed by atoms with van der Waals surface area (Å²) in [6.45, 7) is 6.51. The average Bonchev–Trinajstić information content (AvgIpc) is 2.75. The van der Waals surface area contributed by atoms with Crippen molar-refractivity contribution in [2.75, 3.05) is 11.9 Å². The standard InChI is InChI=1S/C24H26F3N3O/c1-4-20-21(5-2)29-15-30-23(20)28-13-12-17-6-9-19(10-7-17)31-22-11-8-18(14-16(22)3)24(25,26)27/h6-11,14-15H,4-5,12-13H2,1-3H3,(H,28,29,30). The van der Waals surface area contributed by atoms with E-state index in [0.717, 1.165) is 60.6 Å². The van der Waals surface area contributed by atoms with Crippen molar-refractivity contribution in [2.45, 2.75) is 46.2 Å². The van der Waals surface area contributed by atoms with Crippen molar-refractivity contribution in [1.29, 1.82) is 0 Å². The summed E-state index contributed by atoms with van der Waals surface area (Å²) >= 11 is 0. The van der Waals surface area contributed by atoms with Crippen LogP contribution in [0.5, 0.6) is 11.5 Å². The van der Waals surface area contributed by atoms with Gasteiger partial charge in [-0.15, -0.1) is 0 Å². The van der Waals surface area contributed by atoms with Crippen LogP contribution in [-0.2, 0) is 25.4 Å². The Balaban J connectivity index is 1.59. The van der Waals surface area contributed by atoms with Crippen molar-refractivity contribution < 1.29 is 17.9 Å². The highest BCUT2D eigenvalue weighted by Crippen LogP contribution is 2.33. The SMILES string of the molecule is CCc1ncnc(NCCc2ccc(Oc3ccc(C(F)(F)F)cc3C)cc2)c1CC. The van der Waals surface area contributed by atoms with Crippen LogP contribution in [0.2, 0.25) is 0 Å². The van der Waals surface area contributed by atoms with Crippen LogP contribution in [0.15, 0.2) is 48.8 Å². The number of aromatic nitrogens is 2. The molecule has 0 saturated carbocycles. The lowest BCUT2D eigenvalue weighted by molar-refractivity contribution is -0.137. The van der Waals surface area contributed by atoms with Gasteiger partial charge in [0.2, 0.25) is 0 Å². The number of nitrogens with one attached hydrogen (secondary N) is 1. The molecule has 1 N–H and O–H groups in total. The summed E-state index contributed by atoms with van der Waals surface area (Å²) in [4.78, 5) is 8.71. The van der Waals surface area contributed by atoms with Gasteiger partial charge in [0.25, 0.3) is 0 Å². The molecule has 0 atom stereocenters. The molecule has 3 aromatic rings. The van der Waals surface area contributed by atoms with Gasteiger partial charge in [0, 0.05) is 17.8 Å². The van der Waals surface area contributed by atoms with Crippen molar-refractivity contribution in [1.82, 2.24) is 9.97 Å². The van der Waals surface area contributed by atoms with Gasteiger partial charge in [-0.3, -0.25) is 0 Å². The molecule has 2 aromatic carbocycles. The van der Waals surface area contributed by atoms with Gasteiger partial charge in [-0.05, 0) is 67.6 Å². The van der Waals surface area contributed by atoms with Gasteiger partial charge in [0.1, 0.15) is 23.6 Å². The second-order valence-electron chi connectivity index (χ2n) is 7.26. The third-order valence-corrected chi connectivity index (χ3v) is 5.08. The fraction of sp³-hybridized carbons (Fsp3) is 0.333. The number of halogens is 3. The number of nitrogens with zero attached hydrogens (tertiary/aromatic N) is 2. The lowest BCUT2D eigenvalue weighted by atomic mass is 10.1. The summed E-state index contributed by atoms with van der Waals surface area (Å²) < 4.78 is 44.2. The molecule has 0 unspecified atom stereocenters. The smallest absolute Gasteiger partial charge is 0.416 e. The minimum absolute atomic E-state index is 0.407. The lowest BCUT2D eigenvalue weighted by Gasteiger charge is -2.13. The molecular formula is C24H26F3N3O. The molecular weight excluding hydrogens is 403 g/mol. The minimum atomic E-state index is -4.36. The number of alkyl halides is 3. The van der Waals surface area contributed by atoms with Crippen LogP contribution in [0.1, 0.15) is 41.8 Å². The van der Waals surface area contributed by atoms with E-state index in [4.69, 9.17) is 4.74 Å². The van der Waals surface area contributed by atoms with E-state index in [9.17, 15) is 13.2 Å². The number of benzene rings is 2. The van der Waals surface area contributed by atoms with E-state index in [1.165, 1.54) is 6.07 Å². The fourth-order valence-corrected chi connectivity index (χ4v) is 3.39. The Kier molecular flexibility index (Phi) is 7.15. The molecule has 0 spiro atoms. The van der Waals surface area contributed by atoms with Gasteiger partial charge in [-0.2, -0.15) is 13.2 Å². The summed E-state index contributed by atoms with van der Waals surface area (Å²) in [5, 5.41) is 3.39. The zero-order valence-electron chi connectivity index (χ0n) is 17.9. The van der Waals surface area contributed by atoms with Crippen LogP contribution in [-0.4, -0.2) is 16.5 Å². The monoisotopic (exact) mass is 429 g/mol. The van der Waals surface area contributed by atoms with Crippen molar-refractivity contribution in [2.24, 2.45) is 0 Å². The highest BCUT2D eigenvalue weighted by Gasteiger charge is 2.30. The molecule has 0 amide bonds. The number of aryl methyl sites for hydroxylation is 2. The predicted octanol–water partition coefficient (Wildman–Crippen LogP) is 6.38. The Hall–Kier alpha value is -3.09. The number of anilines is 1. The van der Waals surface area contributed by atoms with E-state index >= 15 is 0 Å². The zero-order valence-corrected chi connectivity index (χ0v) is 17.9. The summed E-state index contributed by atoms with van der Waals surface area (Å²) in [7, 11) is 0. The highest BCUT2D eigenvalue weighted by molar-refractivity contribution is 5.46. The molecule has 164 valence electrons. The highest BCUT2D eigenvalue weighted by atomic mass is 19.4. The molecule has 31 heavy (non-hydrogen) atoms. The Morgan fingerprint density at radius 3 is 2.32 bits per heavy atom. The molecule has 7 heteroatoms. The third-order valence-electron chi connectivity index (χ3n) is 5.08. The first-order valence-electron chi connectivity index (χ1n) is 10.3. The maximum absolute atomic E-state index is 12.8. The van der Waals surface area contributed by atoms with E-state index in [2.05, 4.69) is 29.1 Å². The first-order valence-corrected chi connectivity index (χ1v) is 10.3. The van der Waals surface area contributed by atoms with E-state index < -0.39 is 11.7 Å². The average molecular weight is 429 g/mol. The molecule has 0 radical (unpaired) electrons. The number of hydrogen-bond donors (Lipinski definition) is 1. The molecule has 0 bridgehead atoms. The van der Waals surface area contributed by atoms with Crippen molar-refractivity contribution in [3.8, 4) is 11.5 Å². The first-order chi connectivity index (χ1) is 14.8. The van der Waals surface area contributed by atoms with Gasteiger partial charge in [0.05, 0.1) is 5.56 Å². The van der Waals surface area contributed by atoms with E-state index in [1.54, 1.807) is 13.3 Å². The molecule has 0 fully saturated rings. The van der Waals surface area contributed by atoms with Crippen molar-refractivity contribution >= 4 is 5.82 Å². The van der Waals surface area contributed by atoms with Crippen LogP contribution in [0.3, 0.4) is 0 Å². The number of hydrogen-bond acceptors (Lipinski definition) is 4. The van der Waals surface area contributed by atoms with Crippen LogP contribution < -0.4 is 10.1 Å². The van der Waals surface area contributed by atoms with Crippen molar-refractivity contribution in [3.05, 3.63) is 76.7 Å². The predicted molar refractivity (Wildman–Crippen MR) is 116 cm³/mol. The van der Waals surface area contributed by atoms with Gasteiger partial charge in [0.15, 0.2) is 0 Å². The topological polar surface area (TPSA) is 47.0 Å². The van der Waals surface area contributed by atoms with Gasteiger partial charge < -0.3 is 10.1 Å². The first kappa shape index (κ1) is 22.6.